The molecule has 9 heteroatoms. The summed E-state index contributed by atoms with van der Waals surface area (Å²) in [5.41, 5.74) is 1.79. The minimum absolute atomic E-state index is 0.0216. The summed E-state index contributed by atoms with van der Waals surface area (Å²) < 4.78 is 22.7. The first-order chi connectivity index (χ1) is 13.1. The quantitative estimate of drug-likeness (QED) is 0.714. The number of amides is 1. The molecule has 0 aliphatic heterocycles. The lowest BCUT2D eigenvalue weighted by Crippen LogP contribution is -2.27. The number of carbonyl (C=O) groups excluding carboxylic acids is 1. The van der Waals surface area contributed by atoms with Crippen LogP contribution in [0.25, 0.3) is 0 Å². The number of anilines is 1. The number of carbonyl (C=O) groups is 1. The van der Waals surface area contributed by atoms with E-state index in [4.69, 9.17) is 22.0 Å². The van der Waals surface area contributed by atoms with Crippen LogP contribution in [0, 0.1) is 11.3 Å². The number of nitrogens with one attached hydrogen (secondary N) is 1. The van der Waals surface area contributed by atoms with Gasteiger partial charge < -0.3 is 5.32 Å². The molecule has 28 heavy (non-hydrogen) atoms. The van der Waals surface area contributed by atoms with E-state index in [1.807, 2.05) is 24.9 Å². The highest BCUT2D eigenvalue weighted by atomic mass is 35.5. The van der Waals surface area contributed by atoms with Gasteiger partial charge in [-0.3, -0.25) is 9.69 Å². The number of nitriles is 1. The maximum Gasteiger partial charge on any atom is 0.238 e. The summed E-state index contributed by atoms with van der Waals surface area (Å²) in [5, 5.41) is 17.0. The van der Waals surface area contributed by atoms with Crippen LogP contribution in [0.15, 0.2) is 47.4 Å². The van der Waals surface area contributed by atoms with Crippen LogP contribution in [-0.4, -0.2) is 32.8 Å². The standard InChI is InChI=1S/C19H21ClN4O3S/c1-13(14-4-7-17(8-5-14)28(22,26)27)24(2)10-9-19(25)23-16-6-3-15(12-21)18(20)11-16/h3-8,11,13H,9-10H2,1-2H3,(H,23,25)(H2,22,26,27). The fraction of sp³-hybridized carbons (Fsp3) is 0.263. The lowest BCUT2D eigenvalue weighted by Gasteiger charge is -2.25. The van der Waals surface area contributed by atoms with Crippen LogP contribution in [0.2, 0.25) is 5.02 Å². The molecule has 0 aliphatic carbocycles. The van der Waals surface area contributed by atoms with Crippen LogP contribution >= 0.6 is 11.6 Å². The minimum Gasteiger partial charge on any atom is -0.326 e. The van der Waals surface area contributed by atoms with E-state index in [0.29, 0.717) is 17.8 Å². The molecular formula is C19H21ClN4O3S. The van der Waals surface area contributed by atoms with Gasteiger partial charge in [-0.1, -0.05) is 23.7 Å². The van der Waals surface area contributed by atoms with E-state index in [9.17, 15) is 13.2 Å². The van der Waals surface area contributed by atoms with Gasteiger partial charge in [0.15, 0.2) is 0 Å². The summed E-state index contributed by atoms with van der Waals surface area (Å²) in [7, 11) is -1.84. The summed E-state index contributed by atoms with van der Waals surface area (Å²) in [5.74, 6) is -0.176. The Morgan fingerprint density at radius 1 is 1.29 bits per heavy atom. The first-order valence-electron chi connectivity index (χ1n) is 8.44. The van der Waals surface area contributed by atoms with E-state index >= 15 is 0 Å². The van der Waals surface area contributed by atoms with Crippen LogP contribution < -0.4 is 10.5 Å². The zero-order valence-electron chi connectivity index (χ0n) is 15.5. The van der Waals surface area contributed by atoms with Crippen molar-refractivity contribution < 1.29 is 13.2 Å². The van der Waals surface area contributed by atoms with Crippen molar-refractivity contribution in [2.45, 2.75) is 24.3 Å². The Morgan fingerprint density at radius 2 is 1.93 bits per heavy atom. The van der Waals surface area contributed by atoms with Gasteiger partial charge in [-0.25, -0.2) is 13.6 Å². The average molecular weight is 421 g/mol. The third-order valence-electron chi connectivity index (χ3n) is 4.42. The van der Waals surface area contributed by atoms with Gasteiger partial charge in [0.25, 0.3) is 0 Å². The molecule has 1 atom stereocenters. The number of primary sulfonamides is 1. The highest BCUT2D eigenvalue weighted by Gasteiger charge is 2.15. The normalized spacial score (nSPS) is 12.4. The number of benzene rings is 2. The van der Waals surface area contributed by atoms with Gasteiger partial charge in [0.1, 0.15) is 6.07 Å². The van der Waals surface area contributed by atoms with Crippen LogP contribution in [-0.2, 0) is 14.8 Å². The van der Waals surface area contributed by atoms with Gasteiger partial charge in [-0.05, 0) is 49.9 Å². The van der Waals surface area contributed by atoms with Crippen LogP contribution in [0.3, 0.4) is 0 Å². The molecule has 3 N–H and O–H groups in total. The van der Waals surface area contributed by atoms with Crippen molar-refractivity contribution in [3.63, 3.8) is 0 Å². The summed E-state index contributed by atoms with van der Waals surface area (Å²) in [4.78, 5) is 14.2. The second-order valence-electron chi connectivity index (χ2n) is 6.38. The second-order valence-corrected chi connectivity index (χ2v) is 8.34. The van der Waals surface area contributed by atoms with E-state index in [1.165, 1.54) is 18.2 Å². The lowest BCUT2D eigenvalue weighted by atomic mass is 10.1. The third kappa shape index (κ3) is 5.78. The predicted molar refractivity (Wildman–Crippen MR) is 108 cm³/mol. The molecule has 0 saturated carbocycles. The Labute approximate surface area is 169 Å². The van der Waals surface area contributed by atoms with Crippen molar-refractivity contribution in [3.8, 4) is 6.07 Å². The first-order valence-corrected chi connectivity index (χ1v) is 10.4. The maximum atomic E-state index is 12.2. The van der Waals surface area contributed by atoms with Crippen molar-refractivity contribution in [1.29, 1.82) is 5.26 Å². The van der Waals surface area contributed by atoms with Gasteiger partial charge in [0, 0.05) is 24.7 Å². The smallest absolute Gasteiger partial charge is 0.238 e. The molecule has 0 aromatic heterocycles. The number of nitrogens with zero attached hydrogens (tertiary/aromatic N) is 2. The number of rotatable bonds is 7. The van der Waals surface area contributed by atoms with Crippen LogP contribution in [0.4, 0.5) is 5.69 Å². The summed E-state index contributed by atoms with van der Waals surface area (Å²) in [6, 6.07) is 13.0. The number of sulfonamides is 1. The van der Waals surface area contributed by atoms with E-state index < -0.39 is 10.0 Å². The van der Waals surface area contributed by atoms with Crippen molar-refractivity contribution in [1.82, 2.24) is 4.90 Å². The zero-order chi connectivity index (χ0) is 20.9. The molecule has 0 radical (unpaired) electrons. The largest absolute Gasteiger partial charge is 0.326 e. The van der Waals surface area contributed by atoms with Crippen molar-refractivity contribution in [3.05, 3.63) is 58.6 Å². The number of hydrogen-bond donors (Lipinski definition) is 2. The summed E-state index contributed by atoms with van der Waals surface area (Å²) in [6.45, 7) is 2.46. The molecule has 1 amide bonds. The third-order valence-corrected chi connectivity index (χ3v) is 5.66. The fourth-order valence-corrected chi connectivity index (χ4v) is 3.31. The Bertz CT molecular complexity index is 1000. The molecule has 0 heterocycles. The van der Waals surface area contributed by atoms with Crippen molar-refractivity contribution in [2.24, 2.45) is 5.14 Å². The first kappa shape index (κ1) is 21.9. The molecule has 0 aliphatic rings. The average Bonchev–Trinajstić information content (AvgIpc) is 2.65. The van der Waals surface area contributed by atoms with Gasteiger partial charge in [0.05, 0.1) is 15.5 Å². The van der Waals surface area contributed by atoms with Crippen molar-refractivity contribution in [2.75, 3.05) is 18.9 Å². The zero-order valence-corrected chi connectivity index (χ0v) is 17.1. The topological polar surface area (TPSA) is 116 Å². The Balaban J connectivity index is 1.92. The molecule has 0 fully saturated rings. The van der Waals surface area contributed by atoms with Crippen molar-refractivity contribution >= 4 is 33.2 Å². The van der Waals surface area contributed by atoms with Crippen LogP contribution in [0.5, 0.6) is 0 Å². The maximum absolute atomic E-state index is 12.2. The van der Waals surface area contributed by atoms with E-state index in [0.717, 1.165) is 5.56 Å². The highest BCUT2D eigenvalue weighted by Crippen LogP contribution is 2.22. The molecule has 2 aromatic rings. The molecule has 2 rings (SSSR count). The Hall–Kier alpha value is -2.44. The molecule has 2 aromatic carbocycles. The summed E-state index contributed by atoms with van der Waals surface area (Å²) >= 11 is 5.96. The van der Waals surface area contributed by atoms with Gasteiger partial charge in [-0.15, -0.1) is 0 Å². The van der Waals surface area contributed by atoms with E-state index in [-0.39, 0.29) is 28.3 Å². The molecule has 0 spiro atoms. The Morgan fingerprint density at radius 3 is 2.46 bits per heavy atom. The van der Waals surface area contributed by atoms with Gasteiger partial charge in [0.2, 0.25) is 15.9 Å². The summed E-state index contributed by atoms with van der Waals surface area (Å²) in [6.07, 6.45) is 0.258. The van der Waals surface area contributed by atoms with Gasteiger partial charge in [-0.2, -0.15) is 5.26 Å². The molecule has 1 unspecified atom stereocenters. The lowest BCUT2D eigenvalue weighted by molar-refractivity contribution is -0.116. The van der Waals surface area contributed by atoms with E-state index in [2.05, 4.69) is 5.32 Å². The SMILES string of the molecule is CC(c1ccc(S(N)(=O)=O)cc1)N(C)CCC(=O)Nc1ccc(C#N)c(Cl)c1. The molecule has 0 bridgehead atoms. The number of hydrogen-bond acceptors (Lipinski definition) is 5. The molecular weight excluding hydrogens is 400 g/mol. The molecule has 0 saturated heterocycles. The van der Waals surface area contributed by atoms with Gasteiger partial charge >= 0.3 is 0 Å². The number of halogens is 1. The Kier molecular flexibility index (Phi) is 7.16. The molecule has 7 nitrogen and oxygen atoms in total. The monoisotopic (exact) mass is 420 g/mol. The molecule has 148 valence electrons. The second kappa shape index (κ2) is 9.17. The predicted octanol–water partition coefficient (Wildman–Crippen LogP) is 2.88. The minimum atomic E-state index is -3.72. The van der Waals surface area contributed by atoms with E-state index in [1.54, 1.807) is 24.3 Å². The number of nitrogens with two attached hydrogens (primary N) is 1. The fourth-order valence-electron chi connectivity index (χ4n) is 2.57. The highest BCUT2D eigenvalue weighted by molar-refractivity contribution is 7.89. The van der Waals surface area contributed by atoms with Crippen LogP contribution in [0.1, 0.15) is 30.5 Å².